The van der Waals surface area contributed by atoms with Gasteiger partial charge in [0, 0.05) is 24.5 Å². The predicted molar refractivity (Wildman–Crippen MR) is 98.2 cm³/mol. The second-order valence-electron chi connectivity index (χ2n) is 5.92. The first-order valence-corrected chi connectivity index (χ1v) is 8.66. The van der Waals surface area contributed by atoms with E-state index in [2.05, 4.69) is 36.0 Å². The molecule has 7 nitrogen and oxygen atoms in total. The number of carbonyl (C=O) groups is 2. The van der Waals surface area contributed by atoms with Crippen LogP contribution in [0.15, 0.2) is 36.5 Å². The number of esters is 1. The van der Waals surface area contributed by atoms with E-state index in [-0.39, 0.29) is 18.7 Å². The molecule has 1 aromatic carbocycles. The molecule has 0 aromatic heterocycles. The summed E-state index contributed by atoms with van der Waals surface area (Å²) in [5.74, 6) is -1.28. The van der Waals surface area contributed by atoms with Gasteiger partial charge in [-0.25, -0.2) is 4.79 Å². The number of ether oxygens (including phenoxy) is 1. The van der Waals surface area contributed by atoms with Gasteiger partial charge < -0.3 is 20.3 Å². The van der Waals surface area contributed by atoms with Crippen molar-refractivity contribution in [2.75, 3.05) is 24.6 Å². The smallest absolute Gasteiger partial charge is 0.319 e. The average molecular weight is 356 g/mol. The largest absolute Gasteiger partial charge is 0.464 e. The van der Waals surface area contributed by atoms with Crippen LogP contribution in [0.1, 0.15) is 31.9 Å². The van der Waals surface area contributed by atoms with Crippen molar-refractivity contribution in [2.24, 2.45) is 5.92 Å². The van der Waals surface area contributed by atoms with Gasteiger partial charge in [-0.15, -0.1) is 0 Å². The van der Waals surface area contributed by atoms with Crippen LogP contribution in [-0.2, 0) is 9.53 Å². The van der Waals surface area contributed by atoms with Crippen LogP contribution in [0.25, 0.3) is 0 Å². The molecule has 1 fully saturated rings. The van der Waals surface area contributed by atoms with Crippen LogP contribution in [-0.4, -0.2) is 31.7 Å². The van der Waals surface area contributed by atoms with Crippen molar-refractivity contribution in [2.45, 2.75) is 26.3 Å². The minimum atomic E-state index is -0.759. The van der Waals surface area contributed by atoms with Crippen LogP contribution < -0.4 is 15.5 Å². The van der Waals surface area contributed by atoms with Gasteiger partial charge >= 0.3 is 12.0 Å². The molecule has 0 saturated carbocycles. The summed E-state index contributed by atoms with van der Waals surface area (Å²) >= 11 is 0. The summed E-state index contributed by atoms with van der Waals surface area (Å²) in [6.07, 6.45) is 0.119. The van der Waals surface area contributed by atoms with Crippen molar-refractivity contribution < 1.29 is 14.3 Å². The van der Waals surface area contributed by atoms with Gasteiger partial charge in [-0.05, 0) is 31.5 Å². The maximum Gasteiger partial charge on any atom is 0.319 e. The molecule has 2 atom stereocenters. The Morgan fingerprint density at radius 1 is 1.31 bits per heavy atom. The molecule has 0 bridgehead atoms. The van der Waals surface area contributed by atoms with Gasteiger partial charge in [-0.1, -0.05) is 18.7 Å². The second-order valence-corrected chi connectivity index (χ2v) is 5.92. The zero-order chi connectivity index (χ0) is 19.1. The molecule has 7 heteroatoms. The average Bonchev–Trinajstić information content (AvgIpc) is 2.62. The Balaban J connectivity index is 2.24. The molecule has 0 aliphatic carbocycles. The first-order chi connectivity index (χ1) is 12.5. The molecule has 2 amide bonds. The van der Waals surface area contributed by atoms with Crippen LogP contribution in [0.5, 0.6) is 0 Å². The second kappa shape index (κ2) is 8.90. The fraction of sp³-hybridized carbons (Fsp3) is 0.421. The van der Waals surface area contributed by atoms with Gasteiger partial charge in [-0.3, -0.25) is 4.79 Å². The van der Waals surface area contributed by atoms with E-state index in [1.807, 2.05) is 30.3 Å². The maximum absolute atomic E-state index is 12.4. The molecule has 1 aromatic rings. The van der Waals surface area contributed by atoms with E-state index in [1.165, 1.54) is 0 Å². The van der Waals surface area contributed by atoms with Crippen molar-refractivity contribution in [3.05, 3.63) is 42.1 Å². The third-order valence-corrected chi connectivity index (χ3v) is 4.36. The Morgan fingerprint density at radius 2 is 1.96 bits per heavy atom. The minimum absolute atomic E-state index is 0.0146. The zero-order valence-corrected chi connectivity index (χ0v) is 15.1. The number of benzene rings is 1. The number of hydrogen-bond acceptors (Lipinski definition) is 5. The monoisotopic (exact) mass is 356 g/mol. The number of hydrogen-bond donors (Lipinski definition) is 2. The highest BCUT2D eigenvalue weighted by Crippen LogP contribution is 2.31. The fourth-order valence-electron chi connectivity index (χ4n) is 3.01. The standard InChI is InChI=1S/C19H24N4O3/c1-4-23(5-2)15-9-7-14(8-10-15)17-16(13(3)21-19(25)22-17)18(24)26-12-6-11-20/h7-10,16-17H,3-6,12H2,1-2H3,(H2,21,22,25)/t16-,17+/m0/s1. The molecule has 2 N–H and O–H groups in total. The highest BCUT2D eigenvalue weighted by molar-refractivity contribution is 5.85. The summed E-state index contributed by atoms with van der Waals surface area (Å²) in [6.45, 7) is 9.77. The van der Waals surface area contributed by atoms with E-state index < -0.39 is 24.0 Å². The number of carbonyl (C=O) groups excluding carboxylic acids is 2. The summed E-state index contributed by atoms with van der Waals surface area (Å²) in [6, 6.07) is 8.67. The van der Waals surface area contributed by atoms with Crippen LogP contribution in [0.3, 0.4) is 0 Å². The first kappa shape index (κ1) is 19.3. The summed E-state index contributed by atoms with van der Waals surface area (Å²) in [5.41, 5.74) is 2.15. The van der Waals surface area contributed by atoms with E-state index in [9.17, 15) is 9.59 Å². The van der Waals surface area contributed by atoms with Gasteiger partial charge in [0.25, 0.3) is 0 Å². The number of nitriles is 1. The van der Waals surface area contributed by atoms with Crippen LogP contribution in [0, 0.1) is 17.2 Å². The summed E-state index contributed by atoms with van der Waals surface area (Å²) in [4.78, 5) is 26.5. The van der Waals surface area contributed by atoms with E-state index in [0.717, 1.165) is 24.3 Å². The third kappa shape index (κ3) is 4.33. The summed E-state index contributed by atoms with van der Waals surface area (Å²) in [7, 11) is 0. The van der Waals surface area contributed by atoms with Gasteiger partial charge in [0.15, 0.2) is 0 Å². The maximum atomic E-state index is 12.4. The SMILES string of the molecule is C=C1NC(=O)N[C@H](c2ccc(N(CC)CC)cc2)[C@H]1C(=O)OCCC#N. The van der Waals surface area contributed by atoms with Crippen LogP contribution in [0.4, 0.5) is 10.5 Å². The lowest BCUT2D eigenvalue weighted by Crippen LogP contribution is -2.51. The topological polar surface area (TPSA) is 94.5 Å². The van der Waals surface area contributed by atoms with Gasteiger partial charge in [0.05, 0.1) is 18.5 Å². The van der Waals surface area contributed by atoms with Crippen LogP contribution >= 0.6 is 0 Å². The third-order valence-electron chi connectivity index (χ3n) is 4.36. The number of urea groups is 1. The first-order valence-electron chi connectivity index (χ1n) is 8.66. The lowest BCUT2D eigenvalue weighted by Gasteiger charge is -2.33. The molecule has 1 aliphatic rings. The van der Waals surface area contributed by atoms with E-state index in [1.54, 1.807) is 0 Å². The Kier molecular flexibility index (Phi) is 6.61. The van der Waals surface area contributed by atoms with Crippen molar-refractivity contribution in [1.82, 2.24) is 10.6 Å². The molecule has 1 saturated heterocycles. The fourth-order valence-corrected chi connectivity index (χ4v) is 3.01. The van der Waals surface area contributed by atoms with E-state index >= 15 is 0 Å². The molecule has 2 rings (SSSR count). The molecule has 0 unspecified atom stereocenters. The molecular formula is C19H24N4O3. The Labute approximate surface area is 153 Å². The van der Waals surface area contributed by atoms with Crippen molar-refractivity contribution in [3.8, 4) is 6.07 Å². The molecule has 138 valence electrons. The molecule has 0 spiro atoms. The number of amides is 2. The molecular weight excluding hydrogens is 332 g/mol. The molecule has 26 heavy (non-hydrogen) atoms. The van der Waals surface area contributed by atoms with Crippen molar-refractivity contribution >= 4 is 17.7 Å². The van der Waals surface area contributed by atoms with Crippen LogP contribution in [0.2, 0.25) is 0 Å². The van der Waals surface area contributed by atoms with Gasteiger partial charge in [0.1, 0.15) is 12.5 Å². The lowest BCUT2D eigenvalue weighted by molar-refractivity contribution is -0.148. The number of nitrogens with zero attached hydrogens (tertiary/aromatic N) is 2. The minimum Gasteiger partial charge on any atom is -0.464 e. The van der Waals surface area contributed by atoms with Crippen molar-refractivity contribution in [1.29, 1.82) is 5.26 Å². The Morgan fingerprint density at radius 3 is 2.54 bits per heavy atom. The number of anilines is 1. The molecule has 1 aliphatic heterocycles. The number of rotatable bonds is 7. The van der Waals surface area contributed by atoms with E-state index in [4.69, 9.17) is 10.00 Å². The Hall–Kier alpha value is -3.01. The van der Waals surface area contributed by atoms with Gasteiger partial charge in [-0.2, -0.15) is 5.26 Å². The van der Waals surface area contributed by atoms with E-state index in [0.29, 0.717) is 0 Å². The zero-order valence-electron chi connectivity index (χ0n) is 15.1. The Bertz CT molecular complexity index is 704. The number of nitrogens with one attached hydrogen (secondary N) is 2. The quantitative estimate of drug-likeness (QED) is 0.578. The lowest BCUT2D eigenvalue weighted by atomic mass is 9.89. The van der Waals surface area contributed by atoms with Gasteiger partial charge in [0.2, 0.25) is 0 Å². The summed E-state index contributed by atoms with van der Waals surface area (Å²) in [5, 5.41) is 13.9. The molecule has 1 heterocycles. The van der Waals surface area contributed by atoms with Crippen molar-refractivity contribution in [3.63, 3.8) is 0 Å². The predicted octanol–water partition coefficient (Wildman–Crippen LogP) is 2.47. The highest BCUT2D eigenvalue weighted by atomic mass is 16.5. The highest BCUT2D eigenvalue weighted by Gasteiger charge is 2.38. The normalized spacial score (nSPS) is 19.1. The summed E-state index contributed by atoms with van der Waals surface area (Å²) < 4.78 is 5.15. The molecule has 0 radical (unpaired) electrons.